The van der Waals surface area contributed by atoms with Gasteiger partial charge in [-0.1, -0.05) is 208 Å². The zero-order chi connectivity index (χ0) is 43.0. The predicted molar refractivity (Wildman–Crippen MR) is 260 cm³/mol. The van der Waals surface area contributed by atoms with Crippen LogP contribution in [0.15, 0.2) is 218 Å². The molecule has 64 heavy (non-hydrogen) atoms. The van der Waals surface area contributed by atoms with Gasteiger partial charge in [-0.2, -0.15) is 0 Å². The Kier molecular flexibility index (Phi) is 9.78. The van der Waals surface area contributed by atoms with E-state index in [1.54, 1.807) is 0 Å². The molecule has 0 saturated carbocycles. The Morgan fingerprint density at radius 3 is 1.00 bits per heavy atom. The molecule has 5 heteroatoms. The largest absolute Gasteiger partial charge is 0.455 e. The molecule has 304 valence electrons. The van der Waals surface area contributed by atoms with E-state index in [-0.39, 0.29) is 5.41 Å². The molecule has 0 bridgehead atoms. The lowest BCUT2D eigenvalue weighted by molar-refractivity contribution is 0.421. The number of hydrogen-bond donors (Lipinski definition) is 0. The van der Waals surface area contributed by atoms with Crippen LogP contribution in [-0.2, 0) is 5.41 Å². The lowest BCUT2D eigenvalue weighted by Crippen LogP contribution is -2.25. The van der Waals surface area contributed by atoms with E-state index < -0.39 is 0 Å². The molecular weight excluding hydrogens is 781 g/mol. The van der Waals surface area contributed by atoms with Crippen LogP contribution in [0, 0.1) is 0 Å². The van der Waals surface area contributed by atoms with Crippen molar-refractivity contribution >= 4 is 0 Å². The second-order valence-electron chi connectivity index (χ2n) is 16.6. The highest BCUT2D eigenvalue weighted by molar-refractivity contribution is 5.84. The van der Waals surface area contributed by atoms with Crippen molar-refractivity contribution in [1.29, 1.82) is 0 Å². The molecule has 0 fully saturated rings. The number of rotatable bonds is 8. The van der Waals surface area contributed by atoms with E-state index in [1.165, 1.54) is 0 Å². The molecule has 0 aliphatic carbocycles. The van der Waals surface area contributed by atoms with Gasteiger partial charge >= 0.3 is 0 Å². The zero-order valence-corrected chi connectivity index (χ0v) is 35.5. The van der Waals surface area contributed by atoms with Gasteiger partial charge in [0.15, 0.2) is 11.6 Å². The van der Waals surface area contributed by atoms with Gasteiger partial charge in [-0.25, -0.2) is 19.9 Å². The Labute approximate surface area is 373 Å². The summed E-state index contributed by atoms with van der Waals surface area (Å²) >= 11 is 0. The van der Waals surface area contributed by atoms with Gasteiger partial charge in [-0.3, -0.25) is 0 Å². The molecule has 11 rings (SSSR count). The maximum atomic E-state index is 7.23. The first kappa shape index (κ1) is 38.6. The van der Waals surface area contributed by atoms with Crippen molar-refractivity contribution in [3.63, 3.8) is 0 Å². The normalized spacial score (nSPS) is 12.5. The average molecular weight is 823 g/mol. The topological polar surface area (TPSA) is 60.8 Å². The maximum Gasteiger partial charge on any atom is 0.160 e. The first-order valence-electron chi connectivity index (χ1n) is 21.6. The first-order valence-corrected chi connectivity index (χ1v) is 21.6. The molecule has 0 radical (unpaired) electrons. The molecule has 8 aromatic carbocycles. The molecule has 3 heterocycles. The van der Waals surface area contributed by atoms with Crippen LogP contribution in [0.3, 0.4) is 0 Å². The minimum Gasteiger partial charge on any atom is -0.455 e. The fourth-order valence-electron chi connectivity index (χ4n) is 8.81. The fourth-order valence-corrected chi connectivity index (χ4v) is 8.81. The summed E-state index contributed by atoms with van der Waals surface area (Å²) in [6, 6.07) is 75.4. The van der Waals surface area contributed by atoms with Crippen molar-refractivity contribution in [2.45, 2.75) is 19.3 Å². The SMILES string of the molecule is CC1(C)c2cccc(-c3cccc(-c4cc(-c5ccccc5)nc(-c5ccccc5)n4)c3)c2Oc2c(-c3cccc(-c4cc(-c5ccccc5)nc(-c5ccccc5)n4)c3)cccc21. The Morgan fingerprint density at radius 1 is 0.297 bits per heavy atom. The second kappa shape index (κ2) is 16.2. The van der Waals surface area contributed by atoms with Gasteiger partial charge in [-0.15, -0.1) is 0 Å². The van der Waals surface area contributed by atoms with Crippen molar-refractivity contribution in [2.24, 2.45) is 0 Å². The highest BCUT2D eigenvalue weighted by Crippen LogP contribution is 2.54. The highest BCUT2D eigenvalue weighted by Gasteiger charge is 2.37. The molecule has 0 atom stereocenters. The van der Waals surface area contributed by atoms with Crippen molar-refractivity contribution in [3.05, 3.63) is 230 Å². The minimum atomic E-state index is -0.353. The molecule has 0 unspecified atom stereocenters. The molecule has 2 aromatic heterocycles. The monoisotopic (exact) mass is 822 g/mol. The summed E-state index contributed by atoms with van der Waals surface area (Å²) in [5, 5.41) is 0. The summed E-state index contributed by atoms with van der Waals surface area (Å²) < 4.78 is 7.23. The Balaban J connectivity index is 0.996. The lowest BCUT2D eigenvalue weighted by Gasteiger charge is -2.36. The summed E-state index contributed by atoms with van der Waals surface area (Å²) in [6.45, 7) is 4.59. The Hall–Kier alpha value is -8.28. The van der Waals surface area contributed by atoms with E-state index in [0.29, 0.717) is 11.6 Å². The number of para-hydroxylation sites is 2. The molecule has 0 amide bonds. The van der Waals surface area contributed by atoms with Gasteiger partial charge in [0.1, 0.15) is 11.5 Å². The first-order chi connectivity index (χ1) is 31.5. The third-order valence-corrected chi connectivity index (χ3v) is 12.2. The van der Waals surface area contributed by atoms with Gasteiger partial charge in [0.25, 0.3) is 0 Å². The number of aromatic nitrogens is 4. The number of benzene rings is 8. The number of hydrogen-bond acceptors (Lipinski definition) is 5. The molecular formula is C59H42N4O. The van der Waals surface area contributed by atoms with Crippen LogP contribution in [0.5, 0.6) is 11.5 Å². The molecule has 1 aliphatic rings. The molecule has 5 nitrogen and oxygen atoms in total. The molecule has 0 spiro atoms. The van der Waals surface area contributed by atoms with E-state index >= 15 is 0 Å². The second-order valence-corrected chi connectivity index (χ2v) is 16.6. The summed E-state index contributed by atoms with van der Waals surface area (Å²) in [5.74, 6) is 3.08. The summed E-state index contributed by atoms with van der Waals surface area (Å²) in [5.41, 5.74) is 15.5. The van der Waals surface area contributed by atoms with Gasteiger partial charge in [-0.05, 0) is 35.4 Å². The van der Waals surface area contributed by atoms with Crippen molar-refractivity contribution in [2.75, 3.05) is 0 Å². The van der Waals surface area contributed by atoms with Crippen LogP contribution in [-0.4, -0.2) is 19.9 Å². The smallest absolute Gasteiger partial charge is 0.160 e. The third-order valence-electron chi connectivity index (χ3n) is 12.2. The fraction of sp³-hybridized carbons (Fsp3) is 0.0508. The van der Waals surface area contributed by atoms with Crippen molar-refractivity contribution in [1.82, 2.24) is 19.9 Å². The molecule has 1 aliphatic heterocycles. The van der Waals surface area contributed by atoms with Crippen LogP contribution in [0.4, 0.5) is 0 Å². The number of fused-ring (bicyclic) bond motifs is 2. The van der Waals surface area contributed by atoms with Crippen LogP contribution in [0.25, 0.3) is 90.1 Å². The molecule has 10 aromatic rings. The summed E-state index contributed by atoms with van der Waals surface area (Å²) in [6.07, 6.45) is 0. The van der Waals surface area contributed by atoms with Gasteiger partial charge in [0.2, 0.25) is 0 Å². The van der Waals surface area contributed by atoms with Crippen molar-refractivity contribution in [3.8, 4) is 102 Å². The van der Waals surface area contributed by atoms with Crippen LogP contribution >= 0.6 is 0 Å². The third kappa shape index (κ3) is 7.23. The average Bonchev–Trinajstić information content (AvgIpc) is 3.37. The van der Waals surface area contributed by atoms with Gasteiger partial charge in [0.05, 0.1) is 22.8 Å². The Morgan fingerprint density at radius 2 is 0.609 bits per heavy atom. The number of ether oxygens (including phenoxy) is 1. The summed E-state index contributed by atoms with van der Waals surface area (Å²) in [4.78, 5) is 20.3. The highest BCUT2D eigenvalue weighted by atomic mass is 16.5. The molecule has 0 N–H and O–H groups in total. The quantitative estimate of drug-likeness (QED) is 0.153. The van der Waals surface area contributed by atoms with Crippen LogP contribution in [0.2, 0.25) is 0 Å². The maximum absolute atomic E-state index is 7.23. The van der Waals surface area contributed by atoms with Crippen LogP contribution < -0.4 is 4.74 Å². The van der Waals surface area contributed by atoms with E-state index in [1.807, 2.05) is 72.8 Å². The summed E-state index contributed by atoms with van der Waals surface area (Å²) in [7, 11) is 0. The predicted octanol–water partition coefficient (Wildman–Crippen LogP) is 15.0. The van der Waals surface area contributed by atoms with E-state index in [4.69, 9.17) is 24.7 Å². The minimum absolute atomic E-state index is 0.353. The van der Waals surface area contributed by atoms with E-state index in [0.717, 1.165) is 101 Å². The van der Waals surface area contributed by atoms with Crippen LogP contribution in [0.1, 0.15) is 25.0 Å². The van der Waals surface area contributed by atoms with Gasteiger partial charge < -0.3 is 4.74 Å². The standard InChI is InChI=1S/C59H42N4O/c1-59(2)49-33-17-31-47(43-27-15-29-45(35-43)53-37-51(39-19-7-3-8-20-39)60-57(62-53)41-23-11-5-12-24-41)55(49)64-56-48(32-18-34-50(56)59)44-28-16-30-46(36-44)54-38-52(40-21-9-4-10-22-40)61-58(63-54)42-25-13-6-14-26-42/h3-38H,1-2H3. The van der Waals surface area contributed by atoms with E-state index in [9.17, 15) is 0 Å². The molecule has 0 saturated heterocycles. The van der Waals surface area contributed by atoms with E-state index in [2.05, 4.69) is 159 Å². The number of nitrogens with zero attached hydrogens (tertiary/aromatic N) is 4. The van der Waals surface area contributed by atoms with Gasteiger partial charge in [0, 0.05) is 61.0 Å². The van der Waals surface area contributed by atoms with Crippen molar-refractivity contribution < 1.29 is 4.74 Å². The Bertz CT molecular complexity index is 2980. The lowest BCUT2D eigenvalue weighted by atomic mass is 9.74. The zero-order valence-electron chi connectivity index (χ0n) is 35.5.